The minimum absolute atomic E-state index is 0.606. The van der Waals surface area contributed by atoms with E-state index in [4.69, 9.17) is 4.42 Å². The van der Waals surface area contributed by atoms with E-state index in [1.165, 1.54) is 25.8 Å². The fourth-order valence-electron chi connectivity index (χ4n) is 2.30. The lowest BCUT2D eigenvalue weighted by molar-refractivity contribution is 0.176. The fraction of sp³-hybridized carbons (Fsp3) is 0.750. The third kappa shape index (κ3) is 2.83. The molecule has 1 aliphatic heterocycles. The summed E-state index contributed by atoms with van der Waals surface area (Å²) in [5.41, 5.74) is 0. The molecule has 1 unspecified atom stereocenters. The van der Waals surface area contributed by atoms with E-state index in [-0.39, 0.29) is 0 Å². The molecule has 2 rings (SSSR count). The Morgan fingerprint density at radius 2 is 2.44 bits per heavy atom. The first-order valence-electron chi connectivity index (χ1n) is 6.08. The number of oxazole rings is 1. The zero-order chi connectivity index (χ0) is 11.4. The summed E-state index contributed by atoms with van der Waals surface area (Å²) in [6, 6.07) is 0.606. The Morgan fingerprint density at radius 1 is 1.56 bits per heavy atom. The molecule has 1 aromatic heterocycles. The second-order valence-electron chi connectivity index (χ2n) is 4.58. The Balaban J connectivity index is 1.91. The van der Waals surface area contributed by atoms with Gasteiger partial charge in [0.1, 0.15) is 5.76 Å². The summed E-state index contributed by atoms with van der Waals surface area (Å²) in [4.78, 5) is 6.75. The van der Waals surface area contributed by atoms with Crippen LogP contribution in [0.25, 0.3) is 0 Å². The van der Waals surface area contributed by atoms with Gasteiger partial charge in [0.25, 0.3) is 0 Å². The minimum Gasteiger partial charge on any atom is -0.444 e. The van der Waals surface area contributed by atoms with Gasteiger partial charge in [-0.15, -0.1) is 0 Å². The van der Waals surface area contributed by atoms with Crippen LogP contribution >= 0.6 is 0 Å². The number of hydrogen-bond donors (Lipinski definition) is 1. The summed E-state index contributed by atoms with van der Waals surface area (Å²) in [6.07, 6.45) is 6.69. The molecular formula is C12H21N3O. The molecule has 4 nitrogen and oxygen atoms in total. The highest BCUT2D eigenvalue weighted by Crippen LogP contribution is 2.18. The molecule has 0 amide bonds. The van der Waals surface area contributed by atoms with Crippen molar-refractivity contribution in [3.05, 3.63) is 17.8 Å². The molecular weight excluding hydrogens is 202 g/mol. The maximum absolute atomic E-state index is 5.67. The molecule has 1 N–H and O–H groups in total. The van der Waals surface area contributed by atoms with Crippen LogP contribution in [0.4, 0.5) is 0 Å². The Hall–Kier alpha value is -0.870. The number of aromatic nitrogens is 1. The number of rotatable bonds is 4. The van der Waals surface area contributed by atoms with E-state index < -0.39 is 0 Å². The summed E-state index contributed by atoms with van der Waals surface area (Å²) in [5.74, 6) is 1.81. The van der Waals surface area contributed by atoms with Gasteiger partial charge >= 0.3 is 0 Å². The number of nitrogens with one attached hydrogen (secondary N) is 1. The molecule has 0 aliphatic carbocycles. The molecule has 16 heavy (non-hydrogen) atoms. The Morgan fingerprint density at radius 3 is 3.19 bits per heavy atom. The van der Waals surface area contributed by atoms with Crippen LogP contribution in [0.5, 0.6) is 0 Å². The molecule has 2 heterocycles. The SMILES string of the molecule is CNCc1cnc(CC2CCCCN2C)o1. The average Bonchev–Trinajstić information content (AvgIpc) is 2.70. The van der Waals surface area contributed by atoms with Gasteiger partial charge in [0.05, 0.1) is 12.7 Å². The molecule has 1 fully saturated rings. The predicted octanol–water partition coefficient (Wildman–Crippen LogP) is 1.42. The number of likely N-dealkylation sites (tertiary alicyclic amines) is 1. The van der Waals surface area contributed by atoms with Gasteiger partial charge in [-0.2, -0.15) is 0 Å². The van der Waals surface area contributed by atoms with Crippen LogP contribution < -0.4 is 5.32 Å². The van der Waals surface area contributed by atoms with Crippen molar-refractivity contribution in [1.29, 1.82) is 0 Å². The molecule has 90 valence electrons. The lowest BCUT2D eigenvalue weighted by Crippen LogP contribution is -2.37. The molecule has 1 aliphatic rings. The van der Waals surface area contributed by atoms with Gasteiger partial charge in [0, 0.05) is 12.5 Å². The normalized spacial score (nSPS) is 22.5. The summed E-state index contributed by atoms with van der Waals surface area (Å²) >= 11 is 0. The molecule has 1 saturated heterocycles. The lowest BCUT2D eigenvalue weighted by atomic mass is 10.0. The van der Waals surface area contributed by atoms with Gasteiger partial charge in [-0.25, -0.2) is 4.98 Å². The van der Waals surface area contributed by atoms with Gasteiger partial charge in [0.2, 0.25) is 0 Å². The van der Waals surface area contributed by atoms with Crippen LogP contribution in [-0.2, 0) is 13.0 Å². The maximum Gasteiger partial charge on any atom is 0.195 e. The first-order chi connectivity index (χ1) is 7.79. The van der Waals surface area contributed by atoms with Gasteiger partial charge < -0.3 is 14.6 Å². The summed E-state index contributed by atoms with van der Waals surface area (Å²) in [7, 11) is 4.11. The molecule has 0 spiro atoms. The summed E-state index contributed by atoms with van der Waals surface area (Å²) < 4.78 is 5.67. The summed E-state index contributed by atoms with van der Waals surface area (Å²) in [5, 5.41) is 3.07. The van der Waals surface area contributed by atoms with Crippen molar-refractivity contribution < 1.29 is 4.42 Å². The number of nitrogens with zero attached hydrogens (tertiary/aromatic N) is 2. The lowest BCUT2D eigenvalue weighted by Gasteiger charge is -2.31. The average molecular weight is 223 g/mol. The van der Waals surface area contributed by atoms with Crippen LogP contribution in [0.2, 0.25) is 0 Å². The van der Waals surface area contributed by atoms with Crippen LogP contribution in [0.1, 0.15) is 30.9 Å². The standard InChI is InChI=1S/C12H21N3O/c1-13-8-11-9-14-12(16-11)7-10-5-3-4-6-15(10)2/h9-10,13H,3-8H2,1-2H3. The van der Waals surface area contributed by atoms with E-state index >= 15 is 0 Å². The molecule has 0 aromatic carbocycles. The van der Waals surface area contributed by atoms with Crippen molar-refractivity contribution in [3.63, 3.8) is 0 Å². The molecule has 0 saturated carbocycles. The number of hydrogen-bond acceptors (Lipinski definition) is 4. The fourth-order valence-corrected chi connectivity index (χ4v) is 2.30. The second-order valence-corrected chi connectivity index (χ2v) is 4.58. The highest BCUT2D eigenvalue weighted by Gasteiger charge is 2.21. The second kappa shape index (κ2) is 5.46. The molecule has 0 radical (unpaired) electrons. The van der Waals surface area contributed by atoms with Crippen LogP contribution in [0.15, 0.2) is 10.6 Å². The zero-order valence-corrected chi connectivity index (χ0v) is 10.2. The van der Waals surface area contributed by atoms with E-state index in [1.54, 1.807) is 0 Å². The van der Waals surface area contributed by atoms with Crippen molar-refractivity contribution >= 4 is 0 Å². The molecule has 4 heteroatoms. The molecule has 1 atom stereocenters. The summed E-state index contributed by atoms with van der Waals surface area (Å²) in [6.45, 7) is 1.96. The van der Waals surface area contributed by atoms with Crippen LogP contribution in [-0.4, -0.2) is 36.6 Å². The first kappa shape index (κ1) is 11.6. The van der Waals surface area contributed by atoms with E-state index in [9.17, 15) is 0 Å². The van der Waals surface area contributed by atoms with Crippen molar-refractivity contribution in [3.8, 4) is 0 Å². The first-order valence-corrected chi connectivity index (χ1v) is 6.08. The monoisotopic (exact) mass is 223 g/mol. The van der Waals surface area contributed by atoms with E-state index in [0.29, 0.717) is 6.04 Å². The van der Waals surface area contributed by atoms with Gasteiger partial charge in [0.15, 0.2) is 5.89 Å². The largest absolute Gasteiger partial charge is 0.444 e. The Bertz CT molecular complexity index is 324. The van der Waals surface area contributed by atoms with E-state index in [2.05, 4.69) is 22.2 Å². The van der Waals surface area contributed by atoms with Gasteiger partial charge in [-0.05, 0) is 33.5 Å². The van der Waals surface area contributed by atoms with Crippen LogP contribution in [0.3, 0.4) is 0 Å². The number of piperidine rings is 1. The predicted molar refractivity (Wildman–Crippen MR) is 63.2 cm³/mol. The van der Waals surface area contributed by atoms with Crippen molar-refractivity contribution in [1.82, 2.24) is 15.2 Å². The van der Waals surface area contributed by atoms with Gasteiger partial charge in [-0.1, -0.05) is 6.42 Å². The van der Waals surface area contributed by atoms with Crippen molar-refractivity contribution in [2.75, 3.05) is 20.6 Å². The third-order valence-electron chi connectivity index (χ3n) is 3.28. The molecule has 0 bridgehead atoms. The zero-order valence-electron chi connectivity index (χ0n) is 10.2. The number of likely N-dealkylation sites (N-methyl/N-ethyl adjacent to an activating group) is 1. The molecule has 1 aromatic rings. The van der Waals surface area contributed by atoms with Crippen LogP contribution in [0, 0.1) is 0 Å². The highest BCUT2D eigenvalue weighted by atomic mass is 16.4. The Labute approximate surface area is 97.0 Å². The van der Waals surface area contributed by atoms with Crippen molar-refractivity contribution in [2.45, 2.75) is 38.3 Å². The smallest absolute Gasteiger partial charge is 0.195 e. The van der Waals surface area contributed by atoms with Gasteiger partial charge in [-0.3, -0.25) is 0 Å². The highest BCUT2D eigenvalue weighted by molar-refractivity contribution is 4.96. The topological polar surface area (TPSA) is 41.3 Å². The van der Waals surface area contributed by atoms with E-state index in [1.807, 2.05) is 13.2 Å². The maximum atomic E-state index is 5.67. The third-order valence-corrected chi connectivity index (χ3v) is 3.28. The Kier molecular flexibility index (Phi) is 3.96. The quantitative estimate of drug-likeness (QED) is 0.838. The van der Waals surface area contributed by atoms with Crippen molar-refractivity contribution in [2.24, 2.45) is 0 Å². The minimum atomic E-state index is 0.606. The van der Waals surface area contributed by atoms with E-state index in [0.717, 1.165) is 24.6 Å².